The lowest BCUT2D eigenvalue weighted by Crippen LogP contribution is -1.82. The molecule has 0 fully saturated rings. The lowest BCUT2D eigenvalue weighted by atomic mass is 10.0. The molecule has 1 aromatic heterocycles. The first kappa shape index (κ1) is 14.1. The normalized spacial score (nSPS) is 10.8. The third-order valence-corrected chi connectivity index (χ3v) is 3.33. The van der Waals surface area contributed by atoms with Crippen LogP contribution >= 0.6 is 0 Å². The van der Waals surface area contributed by atoms with Gasteiger partial charge in [0.05, 0.1) is 0 Å². The topological polar surface area (TPSA) is 15.8 Å². The Morgan fingerprint density at radius 3 is 2.50 bits per heavy atom. The second-order valence-corrected chi connectivity index (χ2v) is 4.48. The van der Waals surface area contributed by atoms with Crippen LogP contribution in [-0.4, -0.2) is 4.98 Å². The molecule has 102 valence electrons. The highest BCUT2D eigenvalue weighted by atomic mass is 14.7. The first-order valence-electron chi connectivity index (χ1n) is 7.10. The Hall–Kier alpha value is -2.28. The van der Waals surface area contributed by atoms with Crippen LogP contribution in [-0.2, 0) is 0 Å². The van der Waals surface area contributed by atoms with Gasteiger partial charge in [-0.15, -0.1) is 0 Å². The Morgan fingerprint density at radius 1 is 1.00 bits per heavy atom. The van der Waals surface area contributed by atoms with Crippen LogP contribution in [0.5, 0.6) is 0 Å². The maximum absolute atomic E-state index is 3.74. The molecule has 0 amide bonds. The van der Waals surface area contributed by atoms with Gasteiger partial charge < -0.3 is 4.98 Å². The largest absolute Gasteiger partial charge is 0.354 e. The average molecular weight is 263 g/mol. The number of H-pyrrole nitrogens is 1. The van der Waals surface area contributed by atoms with Gasteiger partial charge in [0.2, 0.25) is 0 Å². The molecule has 0 bridgehead atoms. The van der Waals surface area contributed by atoms with Gasteiger partial charge in [-0.2, -0.15) is 0 Å². The molecular formula is C19H21N. The van der Waals surface area contributed by atoms with Crippen LogP contribution in [0.1, 0.15) is 25.0 Å². The second-order valence-electron chi connectivity index (χ2n) is 4.48. The zero-order valence-corrected chi connectivity index (χ0v) is 12.4. The van der Waals surface area contributed by atoms with Crippen molar-refractivity contribution in [3.05, 3.63) is 66.3 Å². The minimum Gasteiger partial charge on any atom is -0.354 e. The molecule has 1 nitrogen and oxygen atoms in total. The third kappa shape index (κ3) is 2.39. The van der Waals surface area contributed by atoms with E-state index < -0.39 is 0 Å². The van der Waals surface area contributed by atoms with Crippen LogP contribution in [0.15, 0.2) is 55.1 Å². The fourth-order valence-corrected chi connectivity index (χ4v) is 2.45. The number of allylic oxidation sites excluding steroid dienone is 2. The monoisotopic (exact) mass is 263 g/mol. The molecule has 3 rings (SSSR count). The second kappa shape index (κ2) is 6.25. The number of para-hydroxylation sites is 1. The summed E-state index contributed by atoms with van der Waals surface area (Å²) in [5, 5.41) is 2.57. The van der Waals surface area contributed by atoms with Gasteiger partial charge >= 0.3 is 0 Å². The lowest BCUT2D eigenvalue weighted by molar-refractivity contribution is 1.46. The Balaban J connectivity index is 0.000000704. The third-order valence-electron chi connectivity index (χ3n) is 3.33. The number of aromatic amines is 1. The van der Waals surface area contributed by atoms with Crippen LogP contribution in [0.3, 0.4) is 0 Å². The fraction of sp³-hybridized carbons (Fsp3) is 0.158. The quantitative estimate of drug-likeness (QED) is 0.558. The number of nitrogens with one attached hydrogen (secondary N) is 1. The maximum atomic E-state index is 3.74. The van der Waals surface area contributed by atoms with Crippen molar-refractivity contribution in [2.45, 2.75) is 20.8 Å². The summed E-state index contributed by atoms with van der Waals surface area (Å²) in [6.07, 6.45) is 5.93. The molecule has 1 heterocycles. The van der Waals surface area contributed by atoms with Crippen LogP contribution in [0.4, 0.5) is 0 Å². The molecule has 0 saturated carbocycles. The fourth-order valence-electron chi connectivity index (χ4n) is 2.45. The van der Waals surface area contributed by atoms with E-state index in [0.29, 0.717) is 0 Å². The van der Waals surface area contributed by atoms with E-state index in [0.717, 1.165) is 0 Å². The standard InChI is InChI=1S/C17H15N.C2H6/c1-3-4-7-13-12(2)10-11-16-17(13)14-8-5-6-9-15(14)18-16;1-2/h3-11,18H,1H2,2H3;1-2H3/b7-4-;. The van der Waals surface area contributed by atoms with Crippen molar-refractivity contribution in [1.82, 2.24) is 4.98 Å². The summed E-state index contributed by atoms with van der Waals surface area (Å²) >= 11 is 0. The van der Waals surface area contributed by atoms with Gasteiger partial charge in [-0.1, -0.05) is 62.9 Å². The SMILES string of the molecule is C=C/C=C\c1c(C)ccc2[nH]c3ccccc3c12.CC. The van der Waals surface area contributed by atoms with Crippen molar-refractivity contribution in [3.8, 4) is 0 Å². The van der Waals surface area contributed by atoms with Crippen molar-refractivity contribution >= 4 is 27.9 Å². The van der Waals surface area contributed by atoms with Gasteiger partial charge in [-0.3, -0.25) is 0 Å². The van der Waals surface area contributed by atoms with Crippen molar-refractivity contribution in [2.75, 3.05) is 0 Å². The van der Waals surface area contributed by atoms with Crippen molar-refractivity contribution in [1.29, 1.82) is 0 Å². The Morgan fingerprint density at radius 2 is 1.75 bits per heavy atom. The highest BCUT2D eigenvalue weighted by Gasteiger charge is 2.08. The van der Waals surface area contributed by atoms with Gasteiger partial charge in [0, 0.05) is 21.8 Å². The summed E-state index contributed by atoms with van der Waals surface area (Å²) in [6.45, 7) is 9.88. The minimum absolute atomic E-state index is 1.19. The van der Waals surface area contributed by atoms with Gasteiger partial charge in [0.25, 0.3) is 0 Å². The van der Waals surface area contributed by atoms with Gasteiger partial charge in [-0.05, 0) is 30.2 Å². The number of rotatable bonds is 2. The van der Waals surface area contributed by atoms with Crippen LogP contribution in [0.25, 0.3) is 27.9 Å². The summed E-state index contributed by atoms with van der Waals surface area (Å²) < 4.78 is 0. The number of aromatic nitrogens is 1. The molecule has 20 heavy (non-hydrogen) atoms. The van der Waals surface area contributed by atoms with E-state index in [1.54, 1.807) is 0 Å². The Labute approximate surface area is 120 Å². The first-order chi connectivity index (χ1) is 9.81. The van der Waals surface area contributed by atoms with Gasteiger partial charge in [0.1, 0.15) is 0 Å². The molecule has 0 aliphatic carbocycles. The molecule has 2 aromatic carbocycles. The predicted octanol–water partition coefficient (Wildman–Crippen LogP) is 5.85. The molecule has 0 aliphatic rings. The molecule has 3 aromatic rings. The van der Waals surface area contributed by atoms with E-state index in [9.17, 15) is 0 Å². The molecular weight excluding hydrogens is 242 g/mol. The predicted molar refractivity (Wildman–Crippen MR) is 91.1 cm³/mol. The Kier molecular flexibility index (Phi) is 4.41. The average Bonchev–Trinajstić information content (AvgIpc) is 2.87. The highest BCUT2D eigenvalue weighted by molar-refractivity contribution is 6.11. The van der Waals surface area contributed by atoms with E-state index in [4.69, 9.17) is 0 Å². The number of fused-ring (bicyclic) bond motifs is 3. The highest BCUT2D eigenvalue weighted by Crippen LogP contribution is 2.30. The molecule has 1 heteroatoms. The molecule has 0 atom stereocenters. The molecule has 0 unspecified atom stereocenters. The summed E-state index contributed by atoms with van der Waals surface area (Å²) in [7, 11) is 0. The molecule has 0 saturated heterocycles. The van der Waals surface area contributed by atoms with Gasteiger partial charge in [-0.25, -0.2) is 0 Å². The number of hydrogen-bond acceptors (Lipinski definition) is 0. The smallest absolute Gasteiger partial charge is 0.0471 e. The molecule has 0 aliphatic heterocycles. The van der Waals surface area contributed by atoms with E-state index >= 15 is 0 Å². The van der Waals surface area contributed by atoms with Gasteiger partial charge in [0.15, 0.2) is 0 Å². The summed E-state index contributed by atoms with van der Waals surface area (Å²) in [6, 6.07) is 12.7. The van der Waals surface area contributed by atoms with Crippen LogP contribution < -0.4 is 0 Å². The van der Waals surface area contributed by atoms with Crippen LogP contribution in [0.2, 0.25) is 0 Å². The summed E-state index contributed by atoms with van der Waals surface area (Å²) in [4.78, 5) is 3.46. The minimum atomic E-state index is 1.19. The Bertz CT molecular complexity index is 760. The van der Waals surface area contributed by atoms with Crippen molar-refractivity contribution < 1.29 is 0 Å². The molecule has 0 radical (unpaired) electrons. The van der Waals surface area contributed by atoms with Crippen LogP contribution in [0, 0.1) is 6.92 Å². The van der Waals surface area contributed by atoms with E-state index in [2.05, 4.69) is 61.0 Å². The summed E-state index contributed by atoms with van der Waals surface area (Å²) in [5.41, 5.74) is 4.92. The summed E-state index contributed by atoms with van der Waals surface area (Å²) in [5.74, 6) is 0. The van der Waals surface area contributed by atoms with Crippen molar-refractivity contribution in [3.63, 3.8) is 0 Å². The van der Waals surface area contributed by atoms with Crippen molar-refractivity contribution in [2.24, 2.45) is 0 Å². The van der Waals surface area contributed by atoms with E-state index in [1.165, 1.54) is 32.9 Å². The maximum Gasteiger partial charge on any atom is 0.0471 e. The number of aryl methyl sites for hydroxylation is 1. The first-order valence-corrected chi connectivity index (χ1v) is 7.10. The number of hydrogen-bond donors (Lipinski definition) is 1. The molecule has 0 spiro atoms. The van der Waals surface area contributed by atoms with E-state index in [-0.39, 0.29) is 0 Å². The molecule has 1 N–H and O–H groups in total. The number of benzene rings is 2. The lowest BCUT2D eigenvalue weighted by Gasteiger charge is -2.03. The zero-order chi connectivity index (χ0) is 14.5. The van der Waals surface area contributed by atoms with E-state index in [1.807, 2.05) is 26.0 Å². The zero-order valence-electron chi connectivity index (χ0n) is 12.4.